The van der Waals surface area contributed by atoms with Crippen molar-refractivity contribution >= 4 is 15.6 Å². The maximum Gasteiger partial charge on any atom is 0.185 e. The van der Waals surface area contributed by atoms with Crippen LogP contribution in [0.1, 0.15) is 10.4 Å². The van der Waals surface area contributed by atoms with Gasteiger partial charge in [0.25, 0.3) is 0 Å². The van der Waals surface area contributed by atoms with E-state index in [2.05, 4.69) is 4.98 Å². The molecular formula is C13H11NO3S. The number of carbonyl (C=O) groups excluding carboxylic acids is 1. The molecule has 0 N–H and O–H groups in total. The van der Waals surface area contributed by atoms with E-state index in [0.29, 0.717) is 5.56 Å². The van der Waals surface area contributed by atoms with Gasteiger partial charge in [-0.2, -0.15) is 0 Å². The van der Waals surface area contributed by atoms with Gasteiger partial charge in [-0.3, -0.25) is 9.78 Å². The quantitative estimate of drug-likeness (QED) is 0.786. The van der Waals surface area contributed by atoms with Gasteiger partial charge in [0, 0.05) is 18.0 Å². The Bertz CT molecular complexity index is 636. The molecule has 4 nitrogen and oxygen atoms in total. The van der Waals surface area contributed by atoms with Crippen LogP contribution in [-0.4, -0.2) is 24.9 Å². The Balaban J connectivity index is 2.23. The lowest BCUT2D eigenvalue weighted by molar-refractivity contribution is 0.102. The van der Waals surface area contributed by atoms with Gasteiger partial charge in [-0.05, 0) is 24.3 Å². The van der Waals surface area contributed by atoms with Crippen LogP contribution in [0.25, 0.3) is 0 Å². The van der Waals surface area contributed by atoms with Gasteiger partial charge >= 0.3 is 0 Å². The minimum Gasteiger partial charge on any atom is -0.293 e. The highest BCUT2D eigenvalue weighted by Gasteiger charge is 2.19. The normalized spacial score (nSPS) is 11.1. The number of carbonyl (C=O) groups is 1. The average Bonchev–Trinajstić information content (AvgIpc) is 2.40. The third kappa shape index (κ3) is 2.81. The van der Waals surface area contributed by atoms with Crippen molar-refractivity contribution in [2.45, 2.75) is 4.90 Å². The summed E-state index contributed by atoms with van der Waals surface area (Å²) in [7, 11) is -3.58. The van der Waals surface area contributed by atoms with Crippen LogP contribution >= 0.6 is 0 Å². The first-order valence-corrected chi connectivity index (χ1v) is 6.96. The van der Waals surface area contributed by atoms with Crippen molar-refractivity contribution in [2.24, 2.45) is 0 Å². The molecule has 0 saturated heterocycles. The number of pyridine rings is 1. The van der Waals surface area contributed by atoms with Crippen molar-refractivity contribution in [3.05, 3.63) is 60.4 Å². The van der Waals surface area contributed by atoms with Crippen LogP contribution < -0.4 is 0 Å². The molecule has 1 aromatic carbocycles. The number of sulfone groups is 1. The Morgan fingerprint density at radius 1 is 1.06 bits per heavy atom. The van der Waals surface area contributed by atoms with E-state index < -0.39 is 21.4 Å². The monoisotopic (exact) mass is 261 g/mol. The largest absolute Gasteiger partial charge is 0.293 e. The number of nitrogens with zero attached hydrogens (tertiary/aromatic N) is 1. The first kappa shape index (κ1) is 12.4. The topological polar surface area (TPSA) is 64.1 Å². The molecule has 0 atom stereocenters. The number of Topliss-reactive ketones (excluding diaryl/α,β-unsaturated/α-hetero) is 1. The van der Waals surface area contributed by atoms with Gasteiger partial charge < -0.3 is 0 Å². The average molecular weight is 261 g/mol. The van der Waals surface area contributed by atoms with E-state index in [4.69, 9.17) is 0 Å². The number of ketones is 1. The fraction of sp³-hybridized carbons (Fsp3) is 0.0769. The van der Waals surface area contributed by atoms with Crippen molar-refractivity contribution in [3.63, 3.8) is 0 Å². The van der Waals surface area contributed by atoms with Crippen LogP contribution in [0.2, 0.25) is 0 Å². The fourth-order valence-corrected chi connectivity index (χ4v) is 2.75. The lowest BCUT2D eigenvalue weighted by Crippen LogP contribution is -2.16. The van der Waals surface area contributed by atoms with Gasteiger partial charge in [0.05, 0.1) is 4.90 Å². The maximum absolute atomic E-state index is 12.0. The van der Waals surface area contributed by atoms with Gasteiger partial charge in [0.15, 0.2) is 15.6 Å². The number of aromatic nitrogens is 1. The summed E-state index contributed by atoms with van der Waals surface area (Å²) in [6.45, 7) is 0. The lowest BCUT2D eigenvalue weighted by atomic mass is 10.2. The molecule has 0 aliphatic heterocycles. The molecule has 92 valence electrons. The second-order valence-corrected chi connectivity index (χ2v) is 5.73. The first-order chi connectivity index (χ1) is 8.59. The van der Waals surface area contributed by atoms with E-state index in [1.807, 2.05) is 0 Å². The maximum atomic E-state index is 12.0. The summed E-state index contributed by atoms with van der Waals surface area (Å²) in [5.74, 6) is -0.991. The van der Waals surface area contributed by atoms with Crippen LogP contribution in [0.5, 0.6) is 0 Å². The molecule has 0 aliphatic carbocycles. The lowest BCUT2D eigenvalue weighted by Gasteiger charge is -2.03. The Labute approximate surface area is 105 Å². The summed E-state index contributed by atoms with van der Waals surface area (Å²) >= 11 is 0. The third-order valence-corrected chi connectivity index (χ3v) is 4.04. The number of benzene rings is 1. The van der Waals surface area contributed by atoms with Crippen molar-refractivity contribution in [2.75, 3.05) is 5.75 Å². The van der Waals surface area contributed by atoms with Crippen LogP contribution in [0.4, 0.5) is 0 Å². The molecule has 5 heteroatoms. The van der Waals surface area contributed by atoms with Crippen molar-refractivity contribution in [3.8, 4) is 0 Å². The van der Waals surface area contributed by atoms with E-state index in [0.717, 1.165) is 0 Å². The van der Waals surface area contributed by atoms with Gasteiger partial charge in [-0.25, -0.2) is 8.42 Å². The molecule has 0 unspecified atom stereocenters. The highest BCUT2D eigenvalue weighted by atomic mass is 32.2. The molecule has 0 saturated carbocycles. The predicted molar refractivity (Wildman–Crippen MR) is 67.1 cm³/mol. The Kier molecular flexibility index (Phi) is 3.53. The Morgan fingerprint density at radius 3 is 2.39 bits per heavy atom. The zero-order valence-corrected chi connectivity index (χ0v) is 10.3. The van der Waals surface area contributed by atoms with Gasteiger partial charge in [-0.1, -0.05) is 18.2 Å². The number of hydrogen-bond donors (Lipinski definition) is 0. The van der Waals surface area contributed by atoms with E-state index >= 15 is 0 Å². The van der Waals surface area contributed by atoms with Gasteiger partial charge in [-0.15, -0.1) is 0 Å². The molecule has 0 amide bonds. The summed E-state index contributed by atoms with van der Waals surface area (Å²) in [4.78, 5) is 15.8. The van der Waals surface area contributed by atoms with Crippen molar-refractivity contribution in [1.82, 2.24) is 4.98 Å². The van der Waals surface area contributed by atoms with Crippen LogP contribution in [0, 0.1) is 0 Å². The summed E-state index contributed by atoms with van der Waals surface area (Å²) < 4.78 is 23.9. The first-order valence-electron chi connectivity index (χ1n) is 5.30. The molecule has 18 heavy (non-hydrogen) atoms. The molecule has 2 rings (SSSR count). The number of rotatable bonds is 4. The fourth-order valence-electron chi connectivity index (χ4n) is 1.49. The molecular weight excluding hydrogens is 250 g/mol. The molecule has 2 aromatic rings. The highest BCUT2D eigenvalue weighted by molar-refractivity contribution is 7.92. The van der Waals surface area contributed by atoms with Gasteiger partial charge in [0.2, 0.25) is 0 Å². The number of hydrogen-bond acceptors (Lipinski definition) is 4. The molecule has 0 bridgehead atoms. The predicted octanol–water partition coefficient (Wildman–Crippen LogP) is 1.74. The minimum atomic E-state index is -3.58. The van der Waals surface area contributed by atoms with Gasteiger partial charge in [0.1, 0.15) is 5.75 Å². The van der Waals surface area contributed by atoms with Crippen molar-refractivity contribution in [1.29, 1.82) is 0 Å². The smallest absolute Gasteiger partial charge is 0.185 e. The second-order valence-electron chi connectivity index (χ2n) is 3.74. The zero-order chi connectivity index (χ0) is 13.0. The molecule has 0 radical (unpaired) electrons. The standard InChI is InChI=1S/C13H11NO3S/c15-13(11-5-4-8-14-9-11)10-18(16,17)12-6-2-1-3-7-12/h1-9H,10H2. The summed E-state index contributed by atoms with van der Waals surface area (Å²) in [5, 5.41) is 0. The molecule has 0 spiro atoms. The van der Waals surface area contributed by atoms with E-state index in [1.54, 1.807) is 30.3 Å². The van der Waals surface area contributed by atoms with E-state index in [1.165, 1.54) is 24.5 Å². The third-order valence-electron chi connectivity index (χ3n) is 2.41. The highest BCUT2D eigenvalue weighted by Crippen LogP contribution is 2.12. The molecule has 1 heterocycles. The Morgan fingerprint density at radius 2 is 1.78 bits per heavy atom. The van der Waals surface area contributed by atoms with E-state index in [-0.39, 0.29) is 4.90 Å². The molecule has 0 aliphatic rings. The summed E-state index contributed by atoms with van der Waals surface area (Å²) in [5.41, 5.74) is 0.303. The van der Waals surface area contributed by atoms with E-state index in [9.17, 15) is 13.2 Å². The second kappa shape index (κ2) is 5.10. The Hall–Kier alpha value is -2.01. The van der Waals surface area contributed by atoms with Crippen LogP contribution in [0.3, 0.4) is 0 Å². The molecule has 1 aromatic heterocycles. The minimum absolute atomic E-state index is 0.155. The SMILES string of the molecule is O=C(CS(=O)(=O)c1ccccc1)c1cccnc1. The van der Waals surface area contributed by atoms with Crippen molar-refractivity contribution < 1.29 is 13.2 Å². The summed E-state index contributed by atoms with van der Waals surface area (Å²) in [6.07, 6.45) is 2.89. The van der Waals surface area contributed by atoms with Crippen LogP contribution in [-0.2, 0) is 9.84 Å². The zero-order valence-electron chi connectivity index (χ0n) is 9.48. The van der Waals surface area contributed by atoms with Crippen LogP contribution in [0.15, 0.2) is 59.8 Å². The summed E-state index contributed by atoms with van der Waals surface area (Å²) in [6, 6.07) is 11.1. The molecule has 0 fully saturated rings.